The van der Waals surface area contributed by atoms with Crippen molar-refractivity contribution in [3.05, 3.63) is 17.4 Å². The first kappa shape index (κ1) is 14.9. The maximum Gasteiger partial charge on any atom is 0.210 e. The summed E-state index contributed by atoms with van der Waals surface area (Å²) in [6.07, 6.45) is 4.23. The molecule has 0 radical (unpaired) electrons. The Balaban J connectivity index is 2.32. The first-order valence-corrected chi connectivity index (χ1v) is 6.92. The van der Waals surface area contributed by atoms with Gasteiger partial charge in [0.1, 0.15) is 0 Å². The molecule has 0 aliphatic carbocycles. The van der Waals surface area contributed by atoms with Crippen LogP contribution >= 0.6 is 0 Å². The van der Waals surface area contributed by atoms with E-state index in [-0.39, 0.29) is 11.5 Å². The quantitative estimate of drug-likeness (QED) is 0.901. The van der Waals surface area contributed by atoms with Gasteiger partial charge in [0.05, 0.1) is 21.3 Å². The average Bonchev–Trinajstić information content (AvgIpc) is 2.48. The molecule has 0 spiro atoms. The molecule has 0 bridgehead atoms. The van der Waals surface area contributed by atoms with Gasteiger partial charge >= 0.3 is 0 Å². The molecule has 20 heavy (non-hydrogen) atoms. The van der Waals surface area contributed by atoms with Crippen molar-refractivity contribution in [1.82, 2.24) is 5.32 Å². The summed E-state index contributed by atoms with van der Waals surface area (Å²) in [5, 5.41) is 3.45. The summed E-state index contributed by atoms with van der Waals surface area (Å²) in [7, 11) is 4.40. The molecule has 1 heterocycles. The van der Waals surface area contributed by atoms with Crippen molar-refractivity contribution in [3.63, 3.8) is 0 Å². The summed E-state index contributed by atoms with van der Waals surface area (Å²) < 4.78 is 29.9. The molecule has 0 saturated carbocycles. The Kier molecular flexibility index (Phi) is 5.06. The fraction of sp³-hybridized carbons (Fsp3) is 0.600. The van der Waals surface area contributed by atoms with Gasteiger partial charge in [-0.05, 0) is 31.9 Å². The van der Waals surface area contributed by atoms with Gasteiger partial charge in [-0.25, -0.2) is 0 Å². The molecule has 4 nitrogen and oxygen atoms in total. The molecule has 1 atom stereocenters. The monoisotopic (exact) mass is 283 g/mol. The predicted molar refractivity (Wildman–Crippen MR) is 75.4 cm³/mol. The summed E-state index contributed by atoms with van der Waals surface area (Å²) in [5.74, 6) is 0.233. The second-order valence-corrected chi connectivity index (χ2v) is 4.97. The molecular weight excluding hydrogens is 261 g/mol. The first-order valence-electron chi connectivity index (χ1n) is 6.92. The van der Waals surface area contributed by atoms with Gasteiger partial charge in [-0.3, -0.25) is 0 Å². The van der Waals surface area contributed by atoms with E-state index >= 15 is 0 Å². The Morgan fingerprint density at radius 3 is 2.45 bits per heavy atom. The number of piperidine rings is 1. The van der Waals surface area contributed by atoms with E-state index in [4.69, 9.17) is 14.2 Å². The number of benzene rings is 1. The number of hydrogen-bond donors (Lipinski definition) is 1. The number of hydrogen-bond acceptors (Lipinski definition) is 4. The maximum atomic E-state index is 14.4. The highest BCUT2D eigenvalue weighted by Gasteiger charge is 2.23. The van der Waals surface area contributed by atoms with E-state index in [1.165, 1.54) is 34.2 Å². The minimum absolute atomic E-state index is 0.0877. The Hall–Kier alpha value is -1.49. The molecule has 5 heteroatoms. The van der Waals surface area contributed by atoms with Crippen molar-refractivity contribution < 1.29 is 18.6 Å². The van der Waals surface area contributed by atoms with Crippen molar-refractivity contribution >= 4 is 0 Å². The Bertz CT molecular complexity index is 459. The molecule has 1 aliphatic heterocycles. The van der Waals surface area contributed by atoms with Crippen LogP contribution in [0.15, 0.2) is 6.07 Å². The standard InChI is InChI=1S/C15H22FNO3/c1-18-12-9-10(8-11-6-4-5-7-17-11)14(19-2)13(16)15(12)20-3/h9,11,17H,4-8H2,1-3H3. The zero-order valence-corrected chi connectivity index (χ0v) is 12.3. The lowest BCUT2D eigenvalue weighted by Gasteiger charge is -2.25. The minimum atomic E-state index is -0.500. The van der Waals surface area contributed by atoms with Gasteiger partial charge in [0, 0.05) is 11.6 Å². The summed E-state index contributed by atoms with van der Waals surface area (Å²) in [4.78, 5) is 0. The lowest BCUT2D eigenvalue weighted by atomic mass is 9.96. The van der Waals surface area contributed by atoms with Crippen LogP contribution in [0.2, 0.25) is 0 Å². The molecule has 112 valence electrons. The molecule has 0 aromatic heterocycles. The van der Waals surface area contributed by atoms with Crippen molar-refractivity contribution in [2.24, 2.45) is 0 Å². The molecule has 1 aromatic rings. The van der Waals surface area contributed by atoms with E-state index in [0.717, 1.165) is 24.9 Å². The SMILES string of the molecule is COc1cc(CC2CCCCN2)c(OC)c(F)c1OC. The Morgan fingerprint density at radius 1 is 1.15 bits per heavy atom. The molecule has 2 rings (SSSR count). The van der Waals surface area contributed by atoms with Gasteiger partial charge in [0.2, 0.25) is 11.6 Å². The molecule has 1 aromatic carbocycles. The molecule has 1 saturated heterocycles. The minimum Gasteiger partial charge on any atom is -0.493 e. The predicted octanol–water partition coefficient (Wildman–Crippen LogP) is 2.54. The number of ether oxygens (including phenoxy) is 3. The molecule has 1 N–H and O–H groups in total. The van der Waals surface area contributed by atoms with Crippen LogP contribution < -0.4 is 19.5 Å². The Morgan fingerprint density at radius 2 is 1.90 bits per heavy atom. The fourth-order valence-corrected chi connectivity index (χ4v) is 2.72. The van der Waals surface area contributed by atoms with Crippen molar-refractivity contribution in [2.75, 3.05) is 27.9 Å². The highest BCUT2D eigenvalue weighted by Crippen LogP contribution is 2.39. The molecule has 0 amide bonds. The van der Waals surface area contributed by atoms with Gasteiger partial charge < -0.3 is 19.5 Å². The van der Waals surface area contributed by atoms with Crippen molar-refractivity contribution in [1.29, 1.82) is 0 Å². The summed E-state index contributed by atoms with van der Waals surface area (Å²) >= 11 is 0. The third kappa shape index (κ3) is 2.98. The van der Waals surface area contributed by atoms with Crippen molar-refractivity contribution in [3.8, 4) is 17.2 Å². The summed E-state index contributed by atoms with van der Waals surface area (Å²) in [5.41, 5.74) is 0.807. The van der Waals surface area contributed by atoms with E-state index in [1.807, 2.05) is 0 Å². The second-order valence-electron chi connectivity index (χ2n) is 4.97. The summed E-state index contributed by atoms with van der Waals surface area (Å²) in [6.45, 7) is 1.02. The number of rotatable bonds is 5. The molecule has 1 fully saturated rings. The van der Waals surface area contributed by atoms with E-state index in [0.29, 0.717) is 11.8 Å². The van der Waals surface area contributed by atoms with Crippen LogP contribution in [0.5, 0.6) is 17.2 Å². The number of halogens is 1. The zero-order valence-electron chi connectivity index (χ0n) is 12.3. The lowest BCUT2D eigenvalue weighted by molar-refractivity contribution is 0.316. The fourth-order valence-electron chi connectivity index (χ4n) is 2.72. The van der Waals surface area contributed by atoms with Gasteiger partial charge in [0.25, 0.3) is 0 Å². The van der Waals surface area contributed by atoms with Crippen LogP contribution in [0, 0.1) is 5.82 Å². The van der Waals surface area contributed by atoms with Gasteiger partial charge in [-0.2, -0.15) is 4.39 Å². The largest absolute Gasteiger partial charge is 0.493 e. The molecule has 1 aliphatic rings. The van der Waals surface area contributed by atoms with Crippen LogP contribution in [0.25, 0.3) is 0 Å². The third-order valence-electron chi connectivity index (χ3n) is 3.73. The topological polar surface area (TPSA) is 39.7 Å². The van der Waals surface area contributed by atoms with Crippen LogP contribution in [0.4, 0.5) is 4.39 Å². The summed E-state index contributed by atoms with van der Waals surface area (Å²) in [6, 6.07) is 2.16. The number of nitrogens with one attached hydrogen (secondary N) is 1. The number of methoxy groups -OCH3 is 3. The van der Waals surface area contributed by atoms with Gasteiger partial charge in [0.15, 0.2) is 11.5 Å². The first-order chi connectivity index (χ1) is 9.71. The zero-order chi connectivity index (χ0) is 14.5. The maximum absolute atomic E-state index is 14.4. The van der Waals surface area contributed by atoms with Crippen LogP contribution in [0.1, 0.15) is 24.8 Å². The smallest absolute Gasteiger partial charge is 0.210 e. The van der Waals surface area contributed by atoms with Crippen LogP contribution in [-0.2, 0) is 6.42 Å². The van der Waals surface area contributed by atoms with Crippen LogP contribution in [0.3, 0.4) is 0 Å². The highest BCUT2D eigenvalue weighted by molar-refractivity contribution is 5.52. The third-order valence-corrected chi connectivity index (χ3v) is 3.73. The Labute approximate surface area is 119 Å². The van der Waals surface area contributed by atoms with Crippen molar-refractivity contribution in [2.45, 2.75) is 31.7 Å². The van der Waals surface area contributed by atoms with Gasteiger partial charge in [-0.1, -0.05) is 6.42 Å². The van der Waals surface area contributed by atoms with E-state index in [9.17, 15) is 4.39 Å². The second kappa shape index (κ2) is 6.79. The lowest BCUT2D eigenvalue weighted by Crippen LogP contribution is -2.35. The normalized spacial score (nSPS) is 18.7. The van der Waals surface area contributed by atoms with Gasteiger partial charge in [-0.15, -0.1) is 0 Å². The van der Waals surface area contributed by atoms with E-state index in [1.54, 1.807) is 6.07 Å². The van der Waals surface area contributed by atoms with E-state index in [2.05, 4.69) is 5.32 Å². The molecular formula is C15H22FNO3. The van der Waals surface area contributed by atoms with E-state index < -0.39 is 5.82 Å². The van der Waals surface area contributed by atoms with Crippen LogP contribution in [-0.4, -0.2) is 33.9 Å². The highest BCUT2D eigenvalue weighted by atomic mass is 19.1. The average molecular weight is 283 g/mol. The molecule has 1 unspecified atom stereocenters.